The molecule has 1 heterocycles. The van der Waals surface area contributed by atoms with Crippen LogP contribution in [0.1, 0.15) is 12.7 Å². The van der Waals surface area contributed by atoms with Crippen LogP contribution < -0.4 is 5.32 Å². The third-order valence-electron chi connectivity index (χ3n) is 2.77. The van der Waals surface area contributed by atoms with E-state index in [1.807, 2.05) is 11.5 Å². The predicted molar refractivity (Wildman–Crippen MR) is 72.6 cm³/mol. The molecule has 2 aromatic rings. The number of hydrogen-bond donors (Lipinski definition) is 1. The summed E-state index contributed by atoms with van der Waals surface area (Å²) in [7, 11) is -3.14. The fourth-order valence-electron chi connectivity index (χ4n) is 1.68. The minimum Gasteiger partial charge on any atom is -0.378 e. The molecular formula is C12H16N4O2S. The van der Waals surface area contributed by atoms with E-state index < -0.39 is 9.84 Å². The van der Waals surface area contributed by atoms with Gasteiger partial charge in [-0.1, -0.05) is 0 Å². The summed E-state index contributed by atoms with van der Waals surface area (Å²) in [6, 6.07) is 6.65. The number of nitrogens with zero attached hydrogens (tertiary/aromatic N) is 3. The minimum absolute atomic E-state index is 0.315. The number of sulfone groups is 1. The molecule has 0 fully saturated rings. The summed E-state index contributed by atoms with van der Waals surface area (Å²) in [6.45, 7) is 3.39. The van der Waals surface area contributed by atoms with Crippen molar-refractivity contribution in [1.82, 2.24) is 14.8 Å². The molecule has 1 aromatic heterocycles. The van der Waals surface area contributed by atoms with Crippen molar-refractivity contribution in [2.24, 2.45) is 0 Å². The van der Waals surface area contributed by atoms with Crippen molar-refractivity contribution in [2.45, 2.75) is 24.9 Å². The Morgan fingerprint density at radius 1 is 1.26 bits per heavy atom. The zero-order valence-corrected chi connectivity index (χ0v) is 11.7. The lowest BCUT2D eigenvalue weighted by Crippen LogP contribution is -2.07. The maximum Gasteiger partial charge on any atom is 0.175 e. The van der Waals surface area contributed by atoms with Crippen LogP contribution in [0.2, 0.25) is 0 Å². The van der Waals surface area contributed by atoms with Gasteiger partial charge in [-0.25, -0.2) is 8.42 Å². The van der Waals surface area contributed by atoms with E-state index in [4.69, 9.17) is 0 Å². The second-order valence-corrected chi connectivity index (χ2v) is 6.20. The average Bonchev–Trinajstić information content (AvgIpc) is 2.83. The zero-order chi connectivity index (χ0) is 13.9. The van der Waals surface area contributed by atoms with Crippen LogP contribution in [-0.2, 0) is 22.9 Å². The number of nitrogens with one attached hydrogen (secondary N) is 1. The Morgan fingerprint density at radius 2 is 1.95 bits per heavy atom. The quantitative estimate of drug-likeness (QED) is 0.893. The lowest BCUT2D eigenvalue weighted by molar-refractivity contribution is 0.602. The molecule has 1 N–H and O–H groups in total. The molecule has 102 valence electrons. The maximum absolute atomic E-state index is 11.3. The summed E-state index contributed by atoms with van der Waals surface area (Å²) in [5.74, 6) is 0.842. The molecule has 0 bridgehead atoms. The van der Waals surface area contributed by atoms with Gasteiger partial charge in [-0.15, -0.1) is 10.2 Å². The molecule has 0 aliphatic carbocycles. The molecule has 0 aliphatic rings. The first-order valence-corrected chi connectivity index (χ1v) is 7.80. The maximum atomic E-state index is 11.3. The van der Waals surface area contributed by atoms with Crippen LogP contribution in [0.25, 0.3) is 0 Å². The molecule has 6 nitrogen and oxygen atoms in total. The molecule has 0 aliphatic heterocycles. The van der Waals surface area contributed by atoms with Gasteiger partial charge in [0, 0.05) is 18.5 Å². The molecule has 1 aromatic carbocycles. The number of hydrogen-bond acceptors (Lipinski definition) is 5. The normalized spacial score (nSPS) is 11.5. The topological polar surface area (TPSA) is 76.9 Å². The summed E-state index contributed by atoms with van der Waals surface area (Å²) in [6.07, 6.45) is 2.88. The van der Waals surface area contributed by atoms with Crippen LogP contribution in [0, 0.1) is 0 Å². The van der Waals surface area contributed by atoms with E-state index in [0.29, 0.717) is 11.4 Å². The van der Waals surface area contributed by atoms with Crippen molar-refractivity contribution >= 4 is 15.5 Å². The van der Waals surface area contributed by atoms with Crippen molar-refractivity contribution in [1.29, 1.82) is 0 Å². The standard InChI is InChI=1S/C12H16N4O2S/c1-3-16-9-14-15-12(16)8-13-10-4-6-11(7-5-10)19(2,17)18/h4-7,9,13H,3,8H2,1-2H3. The molecule has 7 heteroatoms. The lowest BCUT2D eigenvalue weighted by Gasteiger charge is -2.07. The van der Waals surface area contributed by atoms with Gasteiger partial charge in [0.15, 0.2) is 15.7 Å². The van der Waals surface area contributed by atoms with Crippen molar-refractivity contribution in [3.05, 3.63) is 36.4 Å². The highest BCUT2D eigenvalue weighted by atomic mass is 32.2. The Hall–Kier alpha value is -1.89. The van der Waals surface area contributed by atoms with Gasteiger partial charge >= 0.3 is 0 Å². The first-order chi connectivity index (χ1) is 9.00. The van der Waals surface area contributed by atoms with Gasteiger partial charge < -0.3 is 9.88 Å². The first-order valence-electron chi connectivity index (χ1n) is 5.91. The van der Waals surface area contributed by atoms with E-state index in [1.54, 1.807) is 30.6 Å². The van der Waals surface area contributed by atoms with Gasteiger partial charge in [0.05, 0.1) is 11.4 Å². The molecule has 0 radical (unpaired) electrons. The summed E-state index contributed by atoms with van der Waals surface area (Å²) in [5, 5.41) is 11.0. The monoisotopic (exact) mass is 280 g/mol. The van der Waals surface area contributed by atoms with Gasteiger partial charge in [-0.05, 0) is 31.2 Å². The SMILES string of the molecule is CCn1cnnc1CNc1ccc(S(C)(=O)=O)cc1. The van der Waals surface area contributed by atoms with Gasteiger partial charge in [0.2, 0.25) is 0 Å². The highest BCUT2D eigenvalue weighted by Crippen LogP contribution is 2.14. The largest absolute Gasteiger partial charge is 0.378 e. The number of aryl methyl sites for hydroxylation is 1. The first kappa shape index (κ1) is 13.5. The second kappa shape index (κ2) is 5.40. The molecule has 19 heavy (non-hydrogen) atoms. The van der Waals surface area contributed by atoms with Crippen molar-refractivity contribution < 1.29 is 8.42 Å². The van der Waals surface area contributed by atoms with Gasteiger partial charge in [-0.2, -0.15) is 0 Å². The highest BCUT2D eigenvalue weighted by Gasteiger charge is 2.06. The molecule has 0 saturated heterocycles. The van der Waals surface area contributed by atoms with Crippen LogP contribution >= 0.6 is 0 Å². The second-order valence-electron chi connectivity index (χ2n) is 4.18. The third-order valence-corrected chi connectivity index (χ3v) is 3.90. The van der Waals surface area contributed by atoms with Crippen molar-refractivity contribution in [3.8, 4) is 0 Å². The van der Waals surface area contributed by atoms with Crippen LogP contribution in [0.4, 0.5) is 5.69 Å². The van der Waals surface area contributed by atoms with E-state index in [1.165, 1.54) is 6.26 Å². The Bertz CT molecular complexity index is 647. The zero-order valence-electron chi connectivity index (χ0n) is 10.9. The van der Waals surface area contributed by atoms with E-state index in [0.717, 1.165) is 18.1 Å². The van der Waals surface area contributed by atoms with E-state index >= 15 is 0 Å². The summed E-state index contributed by atoms with van der Waals surface area (Å²) in [4.78, 5) is 0.315. The number of aromatic nitrogens is 3. The van der Waals surface area contributed by atoms with Crippen molar-refractivity contribution in [3.63, 3.8) is 0 Å². The minimum atomic E-state index is -3.14. The predicted octanol–water partition coefficient (Wildman–Crippen LogP) is 1.31. The summed E-state index contributed by atoms with van der Waals surface area (Å²) >= 11 is 0. The highest BCUT2D eigenvalue weighted by molar-refractivity contribution is 7.90. The van der Waals surface area contributed by atoms with E-state index in [2.05, 4.69) is 15.5 Å². The molecule has 2 rings (SSSR count). The molecule has 0 unspecified atom stereocenters. The summed E-state index contributed by atoms with van der Waals surface area (Å²) in [5.41, 5.74) is 0.845. The number of rotatable bonds is 5. The Labute approximate surface area is 112 Å². The Morgan fingerprint density at radius 3 is 2.53 bits per heavy atom. The molecule has 0 amide bonds. The van der Waals surface area contributed by atoms with E-state index in [-0.39, 0.29) is 0 Å². The Balaban J connectivity index is 2.05. The van der Waals surface area contributed by atoms with Crippen LogP contribution in [-0.4, -0.2) is 29.4 Å². The average molecular weight is 280 g/mol. The smallest absolute Gasteiger partial charge is 0.175 e. The van der Waals surface area contributed by atoms with Crippen molar-refractivity contribution in [2.75, 3.05) is 11.6 Å². The molecule has 0 saturated carbocycles. The number of benzene rings is 1. The fourth-order valence-corrected chi connectivity index (χ4v) is 2.31. The van der Waals surface area contributed by atoms with Crippen LogP contribution in [0.5, 0.6) is 0 Å². The summed E-state index contributed by atoms with van der Waals surface area (Å²) < 4.78 is 24.6. The molecule has 0 atom stereocenters. The fraction of sp³-hybridized carbons (Fsp3) is 0.333. The third kappa shape index (κ3) is 3.31. The lowest BCUT2D eigenvalue weighted by atomic mass is 10.3. The molecule has 0 spiro atoms. The van der Waals surface area contributed by atoms with E-state index in [9.17, 15) is 8.42 Å². The Kier molecular flexibility index (Phi) is 3.84. The van der Waals surface area contributed by atoms with Gasteiger partial charge in [-0.3, -0.25) is 0 Å². The molecular weight excluding hydrogens is 264 g/mol. The van der Waals surface area contributed by atoms with Crippen LogP contribution in [0.3, 0.4) is 0 Å². The number of anilines is 1. The van der Waals surface area contributed by atoms with Gasteiger partial charge in [0.1, 0.15) is 6.33 Å². The van der Waals surface area contributed by atoms with Crippen LogP contribution in [0.15, 0.2) is 35.5 Å². The van der Waals surface area contributed by atoms with Gasteiger partial charge in [0.25, 0.3) is 0 Å².